The molecule has 0 radical (unpaired) electrons. The van der Waals surface area contributed by atoms with Gasteiger partial charge in [0, 0.05) is 37.8 Å². The van der Waals surface area contributed by atoms with E-state index in [-0.39, 0.29) is 13.3 Å². The van der Waals surface area contributed by atoms with Gasteiger partial charge in [-0.3, -0.25) is 9.84 Å². The zero-order chi connectivity index (χ0) is 24.4. The Bertz CT molecular complexity index is 1180. The van der Waals surface area contributed by atoms with E-state index in [1.807, 2.05) is 30.3 Å². The second kappa shape index (κ2) is 12.6. The number of benzene rings is 1. The second-order valence-corrected chi connectivity index (χ2v) is 8.82. The number of phosphoric acid groups is 1. The number of hydrogen-bond donors (Lipinski definition) is 3. The minimum atomic E-state index is -3.98. The molecule has 0 saturated carbocycles. The molecule has 0 bridgehead atoms. The summed E-state index contributed by atoms with van der Waals surface area (Å²) in [5, 5.41) is 6.05. The van der Waals surface area contributed by atoms with Crippen LogP contribution in [0.5, 0.6) is 11.6 Å². The summed E-state index contributed by atoms with van der Waals surface area (Å²) in [6.07, 6.45) is 5.71. The topological polar surface area (TPSA) is 147 Å². The maximum absolute atomic E-state index is 11.2. The molecule has 180 valence electrons. The fourth-order valence-electron chi connectivity index (χ4n) is 2.74. The van der Waals surface area contributed by atoms with E-state index in [1.54, 1.807) is 41.9 Å². The number of quaternary nitrogens is 1. The maximum atomic E-state index is 11.2. The molecule has 5 N–H and O–H groups in total. The molecule has 0 amide bonds. The van der Waals surface area contributed by atoms with Crippen molar-refractivity contribution >= 4 is 25.0 Å². The van der Waals surface area contributed by atoms with E-state index in [4.69, 9.17) is 36.0 Å². The predicted molar refractivity (Wildman–Crippen MR) is 126 cm³/mol. The quantitative estimate of drug-likeness (QED) is 0.110. The summed E-state index contributed by atoms with van der Waals surface area (Å²) in [4.78, 5) is 13.3. The largest absolute Gasteiger partial charge is 0.476 e. The number of rotatable bonds is 12. The van der Waals surface area contributed by atoms with Gasteiger partial charge >= 0.3 is 7.82 Å². The first kappa shape index (κ1) is 25.8. The van der Waals surface area contributed by atoms with Crippen molar-refractivity contribution in [2.45, 2.75) is 6.42 Å². The number of halogens is 1. The molecule has 0 fully saturated rings. The number of phosphoric ester groups is 1. The van der Waals surface area contributed by atoms with Crippen molar-refractivity contribution in [1.29, 1.82) is 0 Å². The van der Waals surface area contributed by atoms with Crippen molar-refractivity contribution < 1.29 is 33.1 Å². The van der Waals surface area contributed by atoms with Crippen LogP contribution in [0.15, 0.2) is 71.4 Å². The molecule has 0 spiro atoms. The number of pyridine rings is 1. The first-order valence-corrected chi connectivity index (χ1v) is 12.0. The molecule has 2 heterocycles. The number of aromatic nitrogens is 2. The Labute approximate surface area is 201 Å². The van der Waals surface area contributed by atoms with Gasteiger partial charge in [0.2, 0.25) is 5.88 Å². The molecule has 10 nitrogen and oxygen atoms in total. The molecule has 12 heteroatoms. The molecule has 0 saturated heterocycles. The standard InChI is InChI=1S/C22H24ClN4O6P/c1-30-34(28,29)31-15-25-11-3-4-17(14-24)20-13-18(27-33-20)12-16-7-9-19(10-8-16)32-22-6-2-5-21(23)26-22/h2-11,13,25H,12,14-15,24H2,1H3,(H,28,29)/p+1/b11-3-,17-4+. The highest BCUT2D eigenvalue weighted by atomic mass is 35.5. The van der Waals surface area contributed by atoms with Crippen LogP contribution in [-0.2, 0) is 20.0 Å². The number of hydrogen-bond acceptors (Lipinski definition) is 8. The van der Waals surface area contributed by atoms with Gasteiger partial charge in [-0.2, -0.15) is 0 Å². The average Bonchev–Trinajstić information content (AvgIpc) is 3.28. The van der Waals surface area contributed by atoms with Gasteiger partial charge in [-0.1, -0.05) is 35.0 Å². The Balaban J connectivity index is 1.54. The summed E-state index contributed by atoms with van der Waals surface area (Å²) in [7, 11) is -2.88. The lowest BCUT2D eigenvalue weighted by Gasteiger charge is -2.05. The number of nitrogens with zero attached hydrogens (tertiary/aromatic N) is 2. The number of ether oxygens (including phenoxy) is 1. The van der Waals surface area contributed by atoms with E-state index in [1.165, 1.54) is 0 Å². The van der Waals surface area contributed by atoms with E-state index in [9.17, 15) is 4.57 Å². The molecule has 1 aromatic carbocycles. The second-order valence-electron chi connectivity index (χ2n) is 6.87. The van der Waals surface area contributed by atoms with Gasteiger partial charge in [0.1, 0.15) is 10.9 Å². The van der Waals surface area contributed by atoms with Crippen LogP contribution in [-0.4, -0.2) is 35.4 Å². The minimum Gasteiger partial charge on any atom is -0.439 e. The first-order chi connectivity index (χ1) is 16.4. The number of nitrogens with two attached hydrogens (primary N) is 2. The van der Waals surface area contributed by atoms with Crippen LogP contribution in [0.4, 0.5) is 0 Å². The van der Waals surface area contributed by atoms with Crippen molar-refractivity contribution in [3.8, 4) is 11.6 Å². The summed E-state index contributed by atoms with van der Waals surface area (Å²) in [6, 6.07) is 14.6. The van der Waals surface area contributed by atoms with Gasteiger partial charge in [-0.15, -0.1) is 0 Å². The van der Waals surface area contributed by atoms with E-state index in [2.05, 4.69) is 14.7 Å². The van der Waals surface area contributed by atoms with Gasteiger partial charge in [-0.05, 0) is 35.9 Å². The molecule has 3 rings (SSSR count). The van der Waals surface area contributed by atoms with Gasteiger partial charge in [-0.25, -0.2) is 14.1 Å². The van der Waals surface area contributed by atoms with Gasteiger partial charge in [0.25, 0.3) is 0 Å². The normalized spacial score (nSPS) is 13.8. The Kier molecular flexibility index (Phi) is 9.55. The highest BCUT2D eigenvalue weighted by molar-refractivity contribution is 7.47. The van der Waals surface area contributed by atoms with Crippen molar-refractivity contribution in [2.75, 3.05) is 20.4 Å². The van der Waals surface area contributed by atoms with E-state index in [0.29, 0.717) is 29.0 Å². The molecule has 1 unspecified atom stereocenters. The van der Waals surface area contributed by atoms with Crippen LogP contribution in [0, 0.1) is 0 Å². The smallest absolute Gasteiger partial charge is 0.439 e. The number of allylic oxidation sites excluding steroid dienone is 2. The van der Waals surface area contributed by atoms with Gasteiger partial charge in [0.15, 0.2) is 12.5 Å². The monoisotopic (exact) mass is 507 g/mol. The summed E-state index contributed by atoms with van der Waals surface area (Å²) in [6.45, 7) is 0.171. The Morgan fingerprint density at radius 3 is 2.79 bits per heavy atom. The fourth-order valence-corrected chi connectivity index (χ4v) is 3.28. The van der Waals surface area contributed by atoms with Crippen LogP contribution < -0.4 is 15.8 Å². The van der Waals surface area contributed by atoms with Crippen LogP contribution >= 0.6 is 19.4 Å². The van der Waals surface area contributed by atoms with Crippen LogP contribution in [0.2, 0.25) is 5.15 Å². The lowest BCUT2D eigenvalue weighted by atomic mass is 10.1. The van der Waals surface area contributed by atoms with Gasteiger partial charge < -0.3 is 19.9 Å². The molecule has 0 aliphatic heterocycles. The lowest BCUT2D eigenvalue weighted by molar-refractivity contribution is -0.617. The van der Waals surface area contributed by atoms with Crippen molar-refractivity contribution in [1.82, 2.24) is 10.1 Å². The SMILES string of the molecule is COP(=O)(O)OC[NH2+]/C=C\C=C(/CN)c1cc(Cc2ccc(Oc3cccc(Cl)n3)cc2)no1. The Morgan fingerprint density at radius 2 is 2.09 bits per heavy atom. The van der Waals surface area contributed by atoms with E-state index >= 15 is 0 Å². The van der Waals surface area contributed by atoms with E-state index < -0.39 is 7.82 Å². The van der Waals surface area contributed by atoms with Crippen LogP contribution in [0.3, 0.4) is 0 Å². The molecule has 34 heavy (non-hydrogen) atoms. The lowest BCUT2D eigenvalue weighted by Crippen LogP contribution is -2.78. The summed E-state index contributed by atoms with van der Waals surface area (Å²) in [5.41, 5.74) is 8.35. The summed E-state index contributed by atoms with van der Waals surface area (Å²) in [5.74, 6) is 1.63. The zero-order valence-corrected chi connectivity index (χ0v) is 20.0. The Hall–Kier alpha value is -2.82. The fraction of sp³-hybridized carbons (Fsp3) is 0.182. The van der Waals surface area contributed by atoms with Crippen LogP contribution in [0.1, 0.15) is 17.0 Å². The third-order valence-corrected chi connectivity index (χ3v) is 5.57. The van der Waals surface area contributed by atoms with Crippen molar-refractivity contribution in [3.05, 3.63) is 89.1 Å². The highest BCUT2D eigenvalue weighted by Gasteiger charge is 2.18. The van der Waals surface area contributed by atoms with Gasteiger partial charge in [0.05, 0.1) is 11.9 Å². The first-order valence-electron chi connectivity index (χ1n) is 10.2. The highest BCUT2D eigenvalue weighted by Crippen LogP contribution is 2.40. The molecule has 0 aliphatic carbocycles. The molecule has 0 aliphatic rings. The third kappa shape index (κ3) is 8.19. The molecule has 2 aromatic heterocycles. The van der Waals surface area contributed by atoms with Crippen molar-refractivity contribution in [2.24, 2.45) is 5.73 Å². The predicted octanol–water partition coefficient (Wildman–Crippen LogP) is 3.25. The molecular weight excluding hydrogens is 483 g/mol. The molecule has 3 aromatic rings. The summed E-state index contributed by atoms with van der Waals surface area (Å²) >= 11 is 5.88. The minimum absolute atomic E-state index is 0.0736. The van der Waals surface area contributed by atoms with Crippen LogP contribution in [0.25, 0.3) is 5.57 Å². The average molecular weight is 508 g/mol. The molecule has 1 atom stereocenters. The Morgan fingerprint density at radius 1 is 1.29 bits per heavy atom. The van der Waals surface area contributed by atoms with E-state index in [0.717, 1.165) is 23.9 Å². The third-order valence-electron chi connectivity index (χ3n) is 4.43. The zero-order valence-electron chi connectivity index (χ0n) is 18.3. The molecular formula is C22H25ClN4O6P+. The summed E-state index contributed by atoms with van der Waals surface area (Å²) < 4.78 is 31.3. The van der Waals surface area contributed by atoms with Crippen molar-refractivity contribution in [3.63, 3.8) is 0 Å². The maximum Gasteiger partial charge on any atom is 0.476 e.